The van der Waals surface area contributed by atoms with Gasteiger partial charge in [-0.05, 0) is 12.5 Å². The summed E-state index contributed by atoms with van der Waals surface area (Å²) >= 11 is 0. The molecule has 3 rings (SSSR count). The van der Waals surface area contributed by atoms with E-state index in [4.69, 9.17) is 4.74 Å². The lowest BCUT2D eigenvalue weighted by Crippen LogP contribution is -2.40. The van der Waals surface area contributed by atoms with E-state index in [2.05, 4.69) is 20.5 Å². The van der Waals surface area contributed by atoms with Crippen molar-refractivity contribution in [3.63, 3.8) is 0 Å². The van der Waals surface area contributed by atoms with Crippen molar-refractivity contribution in [1.29, 1.82) is 0 Å². The molecule has 26 heavy (non-hydrogen) atoms. The topological polar surface area (TPSA) is 117 Å². The van der Waals surface area contributed by atoms with Gasteiger partial charge in [-0.3, -0.25) is 19.5 Å². The van der Waals surface area contributed by atoms with Crippen LogP contribution in [0.25, 0.3) is 0 Å². The minimum atomic E-state index is -0.912. The summed E-state index contributed by atoms with van der Waals surface area (Å²) in [5.41, 5.74) is -0.725. The fraction of sp³-hybridized carbons (Fsp3) is 0.312. The maximum atomic E-state index is 14.0. The second-order valence-corrected chi connectivity index (χ2v) is 5.71. The highest BCUT2D eigenvalue weighted by Gasteiger charge is 2.30. The van der Waals surface area contributed by atoms with Crippen molar-refractivity contribution in [2.45, 2.75) is 12.5 Å². The summed E-state index contributed by atoms with van der Waals surface area (Å²) in [4.78, 5) is 41.2. The highest BCUT2D eigenvalue weighted by atomic mass is 19.1. The third-order valence-electron chi connectivity index (χ3n) is 4.05. The summed E-state index contributed by atoms with van der Waals surface area (Å²) in [6, 6.07) is 2.38. The first kappa shape index (κ1) is 17.5. The van der Waals surface area contributed by atoms with E-state index in [0.717, 1.165) is 6.20 Å². The van der Waals surface area contributed by atoms with Gasteiger partial charge in [-0.15, -0.1) is 0 Å². The molecule has 0 radical (unpaired) electrons. The lowest BCUT2D eigenvalue weighted by Gasteiger charge is -2.17. The number of carbonyl (C=O) groups excluding carboxylic acids is 2. The van der Waals surface area contributed by atoms with Crippen LogP contribution in [0.3, 0.4) is 0 Å². The van der Waals surface area contributed by atoms with Gasteiger partial charge >= 0.3 is 0 Å². The summed E-state index contributed by atoms with van der Waals surface area (Å²) in [7, 11) is 1.35. The van der Waals surface area contributed by atoms with Gasteiger partial charge in [0.25, 0.3) is 11.8 Å². The Labute approximate surface area is 147 Å². The summed E-state index contributed by atoms with van der Waals surface area (Å²) in [5, 5.41) is 8.66. The predicted octanol–water partition coefficient (Wildman–Crippen LogP) is -0.0429. The molecule has 0 aromatic carbocycles. The zero-order chi connectivity index (χ0) is 18.7. The number of pyridine rings is 1. The molecule has 1 saturated heterocycles. The largest absolute Gasteiger partial charge is 0.481 e. The predicted molar refractivity (Wildman–Crippen MR) is 87.4 cm³/mol. The van der Waals surface area contributed by atoms with Crippen LogP contribution in [0, 0.1) is 5.95 Å². The molecule has 1 aliphatic rings. The maximum Gasteiger partial charge on any atom is 0.258 e. The quantitative estimate of drug-likeness (QED) is 0.738. The first-order chi connectivity index (χ1) is 12.5. The maximum absolute atomic E-state index is 14.0. The molecule has 2 aromatic rings. The fourth-order valence-corrected chi connectivity index (χ4v) is 2.70. The number of ether oxygens (including phenoxy) is 1. The van der Waals surface area contributed by atoms with Crippen molar-refractivity contribution in [2.24, 2.45) is 0 Å². The molecule has 0 bridgehead atoms. The number of aromatic amines is 1. The SMILES string of the molecule is COc1ccc(C(=O)N2CCC(NC(=O)c3c[nH]ncc3=O)C2)c(F)n1. The first-order valence-electron chi connectivity index (χ1n) is 7.83. The van der Waals surface area contributed by atoms with E-state index in [1.165, 1.54) is 30.3 Å². The van der Waals surface area contributed by atoms with E-state index < -0.39 is 23.2 Å². The molecule has 0 spiro atoms. The molecule has 10 heteroatoms. The van der Waals surface area contributed by atoms with E-state index in [9.17, 15) is 18.8 Å². The van der Waals surface area contributed by atoms with Crippen molar-refractivity contribution >= 4 is 11.8 Å². The number of hydrogen-bond acceptors (Lipinski definition) is 6. The summed E-state index contributed by atoms with van der Waals surface area (Å²) in [6.45, 7) is 0.557. The van der Waals surface area contributed by atoms with Gasteiger partial charge in [-0.1, -0.05) is 0 Å². The number of halogens is 1. The number of nitrogens with zero attached hydrogens (tertiary/aromatic N) is 3. The van der Waals surface area contributed by atoms with Gasteiger partial charge in [0, 0.05) is 31.4 Å². The standard InChI is InChI=1S/C16H16FN5O4/c1-26-13-3-2-10(14(17)21-13)16(25)22-5-4-9(8-22)20-15(24)11-6-18-19-7-12(11)23/h2-3,6-7,9H,4-5,8H2,1H3,(H,18,23)(H,20,24). The van der Waals surface area contributed by atoms with Crippen LogP contribution < -0.4 is 15.5 Å². The molecule has 2 aromatic heterocycles. The van der Waals surface area contributed by atoms with Crippen molar-refractivity contribution in [2.75, 3.05) is 20.2 Å². The molecular formula is C16H16FN5O4. The lowest BCUT2D eigenvalue weighted by molar-refractivity contribution is 0.0777. The number of methoxy groups -OCH3 is 1. The van der Waals surface area contributed by atoms with Crippen LogP contribution in [-0.4, -0.2) is 58.1 Å². The Bertz CT molecular complexity index is 900. The minimum absolute atomic E-state index is 0.0600. The second-order valence-electron chi connectivity index (χ2n) is 5.71. The Hall–Kier alpha value is -3.30. The molecular weight excluding hydrogens is 345 g/mol. The zero-order valence-electron chi connectivity index (χ0n) is 13.9. The molecule has 2 amide bonds. The average Bonchev–Trinajstić information content (AvgIpc) is 3.09. The zero-order valence-corrected chi connectivity index (χ0v) is 13.9. The summed E-state index contributed by atoms with van der Waals surface area (Å²) < 4.78 is 18.8. The van der Waals surface area contributed by atoms with E-state index in [1.54, 1.807) is 0 Å². The number of amides is 2. The van der Waals surface area contributed by atoms with Crippen LogP contribution in [-0.2, 0) is 0 Å². The van der Waals surface area contributed by atoms with Crippen LogP contribution >= 0.6 is 0 Å². The summed E-state index contributed by atoms with van der Waals surface area (Å²) in [5.74, 6) is -1.90. The number of H-pyrrole nitrogens is 1. The van der Waals surface area contributed by atoms with E-state index in [0.29, 0.717) is 13.0 Å². The normalized spacial score (nSPS) is 16.4. The third-order valence-corrected chi connectivity index (χ3v) is 4.05. The highest BCUT2D eigenvalue weighted by molar-refractivity contribution is 5.95. The third kappa shape index (κ3) is 3.53. The minimum Gasteiger partial charge on any atom is -0.481 e. The molecule has 1 aliphatic heterocycles. The monoisotopic (exact) mass is 361 g/mol. The van der Waals surface area contributed by atoms with Crippen LogP contribution in [0.1, 0.15) is 27.1 Å². The van der Waals surface area contributed by atoms with Gasteiger partial charge in [0.1, 0.15) is 5.56 Å². The van der Waals surface area contributed by atoms with E-state index in [-0.39, 0.29) is 29.6 Å². The molecule has 9 nitrogen and oxygen atoms in total. The molecule has 1 unspecified atom stereocenters. The van der Waals surface area contributed by atoms with Gasteiger partial charge < -0.3 is 15.0 Å². The molecule has 1 atom stereocenters. The molecule has 1 fully saturated rings. The smallest absolute Gasteiger partial charge is 0.258 e. The van der Waals surface area contributed by atoms with Gasteiger partial charge in [0.05, 0.1) is 18.9 Å². The van der Waals surface area contributed by atoms with Gasteiger partial charge in [-0.25, -0.2) is 0 Å². The van der Waals surface area contributed by atoms with Crippen molar-refractivity contribution in [3.05, 3.63) is 51.8 Å². The molecule has 136 valence electrons. The van der Waals surface area contributed by atoms with Crippen molar-refractivity contribution < 1.29 is 18.7 Å². The van der Waals surface area contributed by atoms with E-state index in [1.807, 2.05) is 0 Å². The van der Waals surface area contributed by atoms with E-state index >= 15 is 0 Å². The number of hydrogen-bond donors (Lipinski definition) is 2. The average molecular weight is 361 g/mol. The van der Waals surface area contributed by atoms with Crippen LogP contribution in [0.4, 0.5) is 4.39 Å². The highest BCUT2D eigenvalue weighted by Crippen LogP contribution is 2.17. The van der Waals surface area contributed by atoms with Crippen LogP contribution in [0.15, 0.2) is 29.3 Å². The number of rotatable bonds is 4. The molecule has 0 aliphatic carbocycles. The Balaban J connectivity index is 1.65. The van der Waals surface area contributed by atoms with Crippen molar-refractivity contribution in [1.82, 2.24) is 25.4 Å². The van der Waals surface area contributed by atoms with Gasteiger partial charge in [0.2, 0.25) is 17.3 Å². The number of likely N-dealkylation sites (tertiary alicyclic amines) is 1. The Morgan fingerprint density at radius 1 is 1.38 bits per heavy atom. The Kier molecular flexibility index (Phi) is 4.92. The second kappa shape index (κ2) is 7.30. The van der Waals surface area contributed by atoms with Crippen LogP contribution in [0.2, 0.25) is 0 Å². The number of aromatic nitrogens is 3. The Morgan fingerprint density at radius 2 is 2.19 bits per heavy atom. The van der Waals surface area contributed by atoms with Gasteiger partial charge in [-0.2, -0.15) is 14.5 Å². The first-order valence-corrected chi connectivity index (χ1v) is 7.83. The summed E-state index contributed by atoms with van der Waals surface area (Å²) in [6.07, 6.45) is 2.72. The molecule has 3 heterocycles. The fourth-order valence-electron chi connectivity index (χ4n) is 2.70. The van der Waals surface area contributed by atoms with Gasteiger partial charge in [0.15, 0.2) is 0 Å². The Morgan fingerprint density at radius 3 is 2.88 bits per heavy atom. The molecule has 2 N–H and O–H groups in total. The number of nitrogens with one attached hydrogen (secondary N) is 2. The van der Waals surface area contributed by atoms with Crippen molar-refractivity contribution in [3.8, 4) is 5.88 Å². The lowest BCUT2D eigenvalue weighted by atomic mass is 10.2. The molecule has 0 saturated carbocycles. The van der Waals surface area contributed by atoms with Crippen LogP contribution in [0.5, 0.6) is 5.88 Å². The number of carbonyl (C=O) groups is 2.